The molecule has 186 valence electrons. The molecule has 0 spiro atoms. The summed E-state index contributed by atoms with van der Waals surface area (Å²) in [4.78, 5) is 30.5. The Bertz CT molecular complexity index is 1160. The third kappa shape index (κ3) is 5.83. The molecule has 4 rings (SSSR count). The van der Waals surface area contributed by atoms with Crippen molar-refractivity contribution in [3.05, 3.63) is 53.7 Å². The maximum absolute atomic E-state index is 13.1. The molecular formula is C24H30ClN7O3. The second-order valence-corrected chi connectivity index (χ2v) is 8.92. The molecule has 1 N–H and O–H groups in total. The first kappa shape index (κ1) is 24.7. The van der Waals surface area contributed by atoms with E-state index in [0.29, 0.717) is 34.8 Å². The van der Waals surface area contributed by atoms with E-state index in [2.05, 4.69) is 32.1 Å². The van der Waals surface area contributed by atoms with Crippen LogP contribution in [0.3, 0.4) is 0 Å². The van der Waals surface area contributed by atoms with Crippen molar-refractivity contribution in [3.8, 4) is 17.4 Å². The van der Waals surface area contributed by atoms with Gasteiger partial charge in [-0.1, -0.05) is 17.7 Å². The number of rotatable bonds is 8. The number of anilines is 1. The number of amides is 1. The van der Waals surface area contributed by atoms with Crippen LogP contribution in [0, 0.1) is 0 Å². The average molecular weight is 500 g/mol. The fourth-order valence-electron chi connectivity index (χ4n) is 4.24. The normalized spacial score (nSPS) is 17.2. The lowest BCUT2D eigenvalue weighted by Gasteiger charge is -2.40. The highest BCUT2D eigenvalue weighted by atomic mass is 35.5. The highest BCUT2D eigenvalue weighted by molar-refractivity contribution is 6.29. The molecule has 11 heteroatoms. The molecule has 1 aliphatic heterocycles. The van der Waals surface area contributed by atoms with Crippen molar-refractivity contribution in [1.29, 1.82) is 0 Å². The first-order valence-corrected chi connectivity index (χ1v) is 11.7. The molecule has 1 aromatic carbocycles. The number of hydrogen-bond donors (Lipinski definition) is 1. The fraction of sp³-hybridized carbons (Fsp3) is 0.417. The third-order valence-corrected chi connectivity index (χ3v) is 6.28. The number of nitrogens with one attached hydrogen (secondary N) is 1. The van der Waals surface area contributed by atoms with Crippen LogP contribution in [-0.2, 0) is 4.79 Å². The number of nitrogens with zero attached hydrogens (tertiary/aromatic N) is 6. The lowest BCUT2D eigenvalue weighted by molar-refractivity contribution is -0.122. The van der Waals surface area contributed by atoms with E-state index in [1.165, 1.54) is 0 Å². The molecule has 0 bridgehead atoms. The van der Waals surface area contributed by atoms with Gasteiger partial charge in [0, 0.05) is 44.5 Å². The summed E-state index contributed by atoms with van der Waals surface area (Å²) < 4.78 is 12.4. The van der Waals surface area contributed by atoms with Gasteiger partial charge in [0.2, 0.25) is 11.9 Å². The standard InChI is InChI=1S/C24H30ClN7O3/c1-16(17-5-6-19(34-3)20(11-17)35-4)27-23(33)12-18-14-30(2)9-10-32(18)22-13-21(25)28-24(29-22)31-8-7-26-15-31/h5-8,11,13,15-16,18H,9-10,12,14H2,1-4H3,(H,27,33). The molecule has 3 aromatic rings. The van der Waals surface area contributed by atoms with Crippen LogP contribution in [0.4, 0.5) is 5.82 Å². The van der Waals surface area contributed by atoms with Gasteiger partial charge >= 0.3 is 0 Å². The molecule has 2 aromatic heterocycles. The van der Waals surface area contributed by atoms with Crippen LogP contribution in [0.2, 0.25) is 5.15 Å². The van der Waals surface area contributed by atoms with E-state index in [1.54, 1.807) is 43.6 Å². The zero-order valence-corrected chi connectivity index (χ0v) is 21.1. The van der Waals surface area contributed by atoms with Crippen molar-refractivity contribution in [2.24, 2.45) is 0 Å². The molecule has 1 saturated heterocycles. The summed E-state index contributed by atoms with van der Waals surface area (Å²) in [5.41, 5.74) is 0.932. The van der Waals surface area contributed by atoms with Gasteiger partial charge in [-0.15, -0.1) is 0 Å². The molecule has 0 aliphatic carbocycles. The Morgan fingerprint density at radius 1 is 1.20 bits per heavy atom. The summed E-state index contributed by atoms with van der Waals surface area (Å²) in [5, 5.41) is 3.45. The number of imidazole rings is 1. The topological polar surface area (TPSA) is 97.6 Å². The molecule has 10 nitrogen and oxygen atoms in total. The van der Waals surface area contributed by atoms with Gasteiger partial charge in [0.15, 0.2) is 11.5 Å². The van der Waals surface area contributed by atoms with E-state index in [-0.39, 0.29) is 18.0 Å². The number of piperazine rings is 1. The molecule has 2 atom stereocenters. The number of methoxy groups -OCH3 is 2. The van der Waals surface area contributed by atoms with Crippen molar-refractivity contribution < 1.29 is 14.3 Å². The van der Waals surface area contributed by atoms with E-state index in [4.69, 9.17) is 26.1 Å². The highest BCUT2D eigenvalue weighted by Gasteiger charge is 2.29. The molecule has 0 saturated carbocycles. The summed E-state index contributed by atoms with van der Waals surface area (Å²) in [6.07, 6.45) is 5.36. The van der Waals surface area contributed by atoms with E-state index in [9.17, 15) is 4.79 Å². The zero-order chi connectivity index (χ0) is 24.9. The van der Waals surface area contributed by atoms with Crippen LogP contribution >= 0.6 is 11.6 Å². The molecule has 1 aliphatic rings. The quantitative estimate of drug-likeness (QED) is 0.472. The van der Waals surface area contributed by atoms with E-state index >= 15 is 0 Å². The maximum atomic E-state index is 13.1. The van der Waals surface area contributed by atoms with Crippen LogP contribution in [0.15, 0.2) is 43.0 Å². The first-order chi connectivity index (χ1) is 16.9. The Balaban J connectivity index is 1.49. The van der Waals surface area contributed by atoms with E-state index in [1.807, 2.05) is 25.1 Å². The SMILES string of the molecule is COc1ccc(C(C)NC(=O)CC2CN(C)CCN2c2cc(Cl)nc(-n3ccnc3)n2)cc1OC. The third-order valence-electron chi connectivity index (χ3n) is 6.09. The second-order valence-electron chi connectivity index (χ2n) is 8.54. The maximum Gasteiger partial charge on any atom is 0.238 e. The lowest BCUT2D eigenvalue weighted by Crippen LogP contribution is -2.54. The number of ether oxygens (including phenoxy) is 2. The largest absolute Gasteiger partial charge is 0.493 e. The van der Waals surface area contributed by atoms with Crippen molar-refractivity contribution >= 4 is 23.3 Å². The molecular weight excluding hydrogens is 470 g/mol. The van der Waals surface area contributed by atoms with Gasteiger partial charge in [0.1, 0.15) is 17.3 Å². The Labute approximate surface area is 209 Å². The number of hydrogen-bond acceptors (Lipinski definition) is 8. The minimum absolute atomic E-state index is 0.0485. The summed E-state index contributed by atoms with van der Waals surface area (Å²) in [6, 6.07) is 7.11. The van der Waals surface area contributed by atoms with Gasteiger partial charge in [-0.3, -0.25) is 9.36 Å². The van der Waals surface area contributed by atoms with Gasteiger partial charge in [-0.25, -0.2) is 9.97 Å². The Morgan fingerprint density at radius 3 is 2.71 bits per heavy atom. The number of aromatic nitrogens is 4. The fourth-order valence-corrected chi connectivity index (χ4v) is 4.41. The van der Waals surface area contributed by atoms with Crippen LogP contribution < -0.4 is 19.7 Å². The van der Waals surface area contributed by atoms with Crippen LogP contribution in [0.25, 0.3) is 5.95 Å². The van der Waals surface area contributed by atoms with Crippen molar-refractivity contribution in [1.82, 2.24) is 29.7 Å². The summed E-state index contributed by atoms with van der Waals surface area (Å²) >= 11 is 6.33. The van der Waals surface area contributed by atoms with Gasteiger partial charge in [-0.05, 0) is 31.7 Å². The monoisotopic (exact) mass is 499 g/mol. The molecule has 1 amide bonds. The number of likely N-dealkylation sites (N-methyl/N-ethyl adjacent to an activating group) is 1. The van der Waals surface area contributed by atoms with Crippen LogP contribution in [0.1, 0.15) is 24.9 Å². The van der Waals surface area contributed by atoms with Crippen molar-refractivity contribution in [2.75, 3.05) is 45.8 Å². The van der Waals surface area contributed by atoms with Crippen LogP contribution in [-0.4, -0.2) is 77.3 Å². The van der Waals surface area contributed by atoms with Gasteiger partial charge in [0.05, 0.1) is 26.3 Å². The van der Waals surface area contributed by atoms with E-state index in [0.717, 1.165) is 25.2 Å². The predicted octanol–water partition coefficient (Wildman–Crippen LogP) is 2.72. The lowest BCUT2D eigenvalue weighted by atomic mass is 10.1. The average Bonchev–Trinajstić information content (AvgIpc) is 3.38. The summed E-state index contributed by atoms with van der Waals surface area (Å²) in [6.45, 7) is 4.24. The summed E-state index contributed by atoms with van der Waals surface area (Å²) in [7, 11) is 5.24. The van der Waals surface area contributed by atoms with Crippen molar-refractivity contribution in [2.45, 2.75) is 25.4 Å². The molecule has 35 heavy (non-hydrogen) atoms. The number of carbonyl (C=O) groups excluding carboxylic acids is 1. The van der Waals surface area contributed by atoms with Gasteiger partial charge < -0.3 is 24.6 Å². The van der Waals surface area contributed by atoms with Crippen LogP contribution in [0.5, 0.6) is 11.5 Å². The second kappa shape index (κ2) is 10.9. The molecule has 0 radical (unpaired) electrons. The first-order valence-electron chi connectivity index (χ1n) is 11.4. The minimum atomic E-state index is -0.196. The Kier molecular flexibility index (Phi) is 7.72. The zero-order valence-electron chi connectivity index (χ0n) is 20.3. The Morgan fingerprint density at radius 2 is 2.00 bits per heavy atom. The predicted molar refractivity (Wildman–Crippen MR) is 134 cm³/mol. The highest BCUT2D eigenvalue weighted by Crippen LogP contribution is 2.30. The van der Waals surface area contributed by atoms with Gasteiger partial charge in [0.25, 0.3) is 0 Å². The smallest absolute Gasteiger partial charge is 0.238 e. The minimum Gasteiger partial charge on any atom is -0.493 e. The molecule has 2 unspecified atom stereocenters. The summed E-state index contributed by atoms with van der Waals surface area (Å²) in [5.74, 6) is 2.35. The Hall–Kier alpha value is -3.37. The van der Waals surface area contributed by atoms with E-state index < -0.39 is 0 Å². The number of benzene rings is 1. The number of halogens is 1. The molecule has 1 fully saturated rings. The number of carbonyl (C=O) groups is 1. The molecule has 3 heterocycles. The van der Waals surface area contributed by atoms with Crippen molar-refractivity contribution in [3.63, 3.8) is 0 Å². The van der Waals surface area contributed by atoms with Gasteiger partial charge in [-0.2, -0.15) is 4.98 Å².